The van der Waals surface area contributed by atoms with Gasteiger partial charge in [-0.25, -0.2) is 9.13 Å². The van der Waals surface area contributed by atoms with E-state index in [9.17, 15) is 0 Å². The van der Waals surface area contributed by atoms with Crippen molar-refractivity contribution in [2.24, 2.45) is 0 Å². The molecule has 0 saturated carbocycles. The van der Waals surface area contributed by atoms with Gasteiger partial charge in [0.2, 0.25) is 0 Å². The molecule has 0 aromatic carbocycles. The molecule has 0 saturated heterocycles. The minimum atomic E-state index is 0.575. The number of hydrogen-bond donors (Lipinski definition) is 0. The van der Waals surface area contributed by atoms with Crippen LogP contribution < -0.4 is 4.57 Å². The van der Waals surface area contributed by atoms with Crippen molar-refractivity contribution in [3.63, 3.8) is 0 Å². The Morgan fingerprint density at radius 3 is 1.92 bits per heavy atom. The molecule has 0 radical (unpaired) electrons. The molecule has 2 heteroatoms. The van der Waals surface area contributed by atoms with E-state index in [1.807, 2.05) is 0 Å². The van der Waals surface area contributed by atoms with Gasteiger partial charge in [0.05, 0.1) is 12.6 Å². The highest BCUT2D eigenvalue weighted by molar-refractivity contribution is 4.86. The molecule has 0 amide bonds. The van der Waals surface area contributed by atoms with E-state index in [-0.39, 0.29) is 0 Å². The zero-order chi connectivity index (χ0) is 17.6. The molecule has 1 aromatic heterocycles. The third-order valence-corrected chi connectivity index (χ3v) is 5.10. The summed E-state index contributed by atoms with van der Waals surface area (Å²) >= 11 is 0. The first-order valence-electron chi connectivity index (χ1n) is 10.8. The highest BCUT2D eigenvalue weighted by atomic mass is 15.2. The summed E-state index contributed by atoms with van der Waals surface area (Å²) in [6.45, 7) is 10.4. The molecule has 0 bridgehead atoms. The van der Waals surface area contributed by atoms with E-state index in [0.717, 1.165) is 0 Å². The van der Waals surface area contributed by atoms with Crippen LogP contribution in [0.3, 0.4) is 0 Å². The molecule has 0 N–H and O–H groups in total. The molecule has 0 fully saturated rings. The maximum atomic E-state index is 2.53. The largest absolute Gasteiger partial charge is 0.256 e. The lowest BCUT2D eigenvalue weighted by atomic mass is 10.1. The summed E-state index contributed by atoms with van der Waals surface area (Å²) in [5.41, 5.74) is 0. The van der Waals surface area contributed by atoms with E-state index in [1.54, 1.807) is 5.82 Å². The van der Waals surface area contributed by atoms with Crippen molar-refractivity contribution < 1.29 is 4.57 Å². The fourth-order valence-electron chi connectivity index (χ4n) is 3.55. The van der Waals surface area contributed by atoms with Gasteiger partial charge in [-0.15, -0.1) is 0 Å². The summed E-state index contributed by atoms with van der Waals surface area (Å²) in [6, 6.07) is 0.575. The predicted molar refractivity (Wildman–Crippen MR) is 105 cm³/mol. The normalized spacial score (nSPS) is 11.5. The summed E-state index contributed by atoms with van der Waals surface area (Å²) in [6.07, 6.45) is 22.5. The van der Waals surface area contributed by atoms with Gasteiger partial charge >= 0.3 is 0 Å². The Morgan fingerprint density at radius 2 is 1.33 bits per heavy atom. The van der Waals surface area contributed by atoms with Crippen LogP contribution in [0.4, 0.5) is 0 Å². The number of aryl methyl sites for hydroxylation is 1. The number of rotatable bonds is 15. The van der Waals surface area contributed by atoms with Crippen LogP contribution in [-0.2, 0) is 13.0 Å². The van der Waals surface area contributed by atoms with Gasteiger partial charge in [-0.3, -0.25) is 0 Å². The van der Waals surface area contributed by atoms with Crippen molar-refractivity contribution in [2.75, 3.05) is 0 Å². The van der Waals surface area contributed by atoms with Gasteiger partial charge in [-0.2, -0.15) is 0 Å². The van der Waals surface area contributed by atoms with Crippen molar-refractivity contribution in [3.8, 4) is 0 Å². The molecule has 1 rings (SSSR count). The summed E-state index contributed by atoms with van der Waals surface area (Å²) in [5.74, 6) is 1.55. The maximum absolute atomic E-state index is 2.53. The highest BCUT2D eigenvalue weighted by Crippen LogP contribution is 2.12. The molecule has 0 aliphatic heterocycles. The first kappa shape index (κ1) is 21.3. The van der Waals surface area contributed by atoms with Crippen molar-refractivity contribution in [3.05, 3.63) is 18.2 Å². The monoisotopic (exact) mass is 335 g/mol. The van der Waals surface area contributed by atoms with Gasteiger partial charge in [0.1, 0.15) is 12.4 Å². The summed E-state index contributed by atoms with van der Waals surface area (Å²) in [4.78, 5) is 0. The molecule has 0 spiro atoms. The molecule has 0 atom stereocenters. The topological polar surface area (TPSA) is 8.81 Å². The smallest absolute Gasteiger partial charge is 0.234 e. The van der Waals surface area contributed by atoms with Gasteiger partial charge in [0, 0.05) is 6.42 Å². The van der Waals surface area contributed by atoms with Crippen LogP contribution in [-0.4, -0.2) is 4.57 Å². The lowest BCUT2D eigenvalue weighted by Gasteiger charge is -2.08. The summed E-state index contributed by atoms with van der Waals surface area (Å²) < 4.78 is 5.01. The maximum Gasteiger partial charge on any atom is 0.256 e. The van der Waals surface area contributed by atoms with Gasteiger partial charge in [0.25, 0.3) is 5.82 Å². The number of imidazole rings is 1. The Morgan fingerprint density at radius 1 is 0.792 bits per heavy atom. The first-order valence-corrected chi connectivity index (χ1v) is 10.8. The molecule has 0 aliphatic rings. The molecular weight excluding hydrogens is 292 g/mol. The molecule has 24 heavy (non-hydrogen) atoms. The quantitative estimate of drug-likeness (QED) is 0.251. The number of aromatic nitrogens is 2. The van der Waals surface area contributed by atoms with E-state index < -0.39 is 0 Å². The summed E-state index contributed by atoms with van der Waals surface area (Å²) in [5, 5.41) is 0. The Labute approximate surface area is 151 Å². The Bertz CT molecular complexity index is 406. The van der Waals surface area contributed by atoms with E-state index in [0.29, 0.717) is 6.04 Å². The van der Waals surface area contributed by atoms with Gasteiger partial charge in [-0.1, -0.05) is 71.6 Å². The number of unbranched alkanes of at least 4 members (excludes halogenated alkanes) is 10. The Hall–Kier alpha value is -0.790. The van der Waals surface area contributed by atoms with Crippen molar-refractivity contribution in [2.45, 2.75) is 124 Å². The van der Waals surface area contributed by atoms with Crippen LogP contribution in [0, 0.1) is 0 Å². The van der Waals surface area contributed by atoms with Crippen LogP contribution in [0.2, 0.25) is 0 Å². The van der Waals surface area contributed by atoms with E-state index in [2.05, 4.69) is 49.2 Å². The van der Waals surface area contributed by atoms with Crippen molar-refractivity contribution in [1.29, 1.82) is 0 Å². The van der Waals surface area contributed by atoms with Crippen LogP contribution in [0.5, 0.6) is 0 Å². The minimum absolute atomic E-state index is 0.575. The molecule has 0 unspecified atom stereocenters. The second-order valence-electron chi connectivity index (χ2n) is 7.69. The van der Waals surface area contributed by atoms with Crippen LogP contribution >= 0.6 is 0 Å². The Balaban J connectivity index is 2.34. The van der Waals surface area contributed by atoms with Crippen molar-refractivity contribution in [1.82, 2.24) is 4.57 Å². The lowest BCUT2D eigenvalue weighted by Crippen LogP contribution is -2.37. The van der Waals surface area contributed by atoms with Crippen molar-refractivity contribution >= 4 is 0 Å². The number of hydrogen-bond acceptors (Lipinski definition) is 0. The molecular formula is C22H43N2+. The average Bonchev–Trinajstić information content (AvgIpc) is 2.97. The third kappa shape index (κ3) is 8.35. The van der Waals surface area contributed by atoms with Crippen LogP contribution in [0.25, 0.3) is 0 Å². The second-order valence-corrected chi connectivity index (χ2v) is 7.69. The van der Waals surface area contributed by atoms with Crippen LogP contribution in [0.15, 0.2) is 12.4 Å². The van der Waals surface area contributed by atoms with Gasteiger partial charge < -0.3 is 0 Å². The molecule has 140 valence electrons. The van der Waals surface area contributed by atoms with Crippen LogP contribution in [0.1, 0.15) is 117 Å². The predicted octanol–water partition coefficient (Wildman–Crippen LogP) is 6.62. The summed E-state index contributed by atoms with van der Waals surface area (Å²) in [7, 11) is 0. The second kappa shape index (κ2) is 13.5. The minimum Gasteiger partial charge on any atom is -0.234 e. The first-order chi connectivity index (χ1) is 11.7. The zero-order valence-corrected chi connectivity index (χ0v) is 17.0. The molecule has 0 aliphatic carbocycles. The number of nitrogens with zero attached hydrogens (tertiary/aromatic N) is 2. The highest BCUT2D eigenvalue weighted by Gasteiger charge is 2.18. The fourth-order valence-corrected chi connectivity index (χ4v) is 3.55. The lowest BCUT2D eigenvalue weighted by molar-refractivity contribution is -0.704. The third-order valence-electron chi connectivity index (χ3n) is 5.10. The van der Waals surface area contributed by atoms with E-state index in [1.165, 1.54) is 90.0 Å². The van der Waals surface area contributed by atoms with Gasteiger partial charge in [-0.05, 0) is 33.1 Å². The average molecular weight is 336 g/mol. The molecule has 1 aromatic rings. The fraction of sp³-hybridized carbons (Fsp3) is 0.864. The molecule has 2 nitrogen and oxygen atoms in total. The van der Waals surface area contributed by atoms with E-state index >= 15 is 0 Å². The molecule has 1 heterocycles. The van der Waals surface area contributed by atoms with Gasteiger partial charge in [0.15, 0.2) is 0 Å². The zero-order valence-electron chi connectivity index (χ0n) is 17.0. The SMILES string of the molecule is CCCCCCCCCC[n+]1ccn(C(C)C)c1CCCCCC. The van der Waals surface area contributed by atoms with E-state index in [4.69, 9.17) is 0 Å². The Kier molecular flexibility index (Phi) is 12.0. The standard InChI is InChI=1S/C22H43N2/c1-5-7-9-11-12-13-14-16-18-23-19-20-24(21(3)4)22(23)17-15-10-8-6-2/h19-21H,5-18H2,1-4H3/q+1.